The Morgan fingerprint density at radius 1 is 1.19 bits per heavy atom. The first-order chi connectivity index (χ1) is 10.0. The summed E-state index contributed by atoms with van der Waals surface area (Å²) in [6.45, 7) is 4.64. The molecule has 0 aliphatic heterocycles. The number of benzene rings is 2. The fourth-order valence-corrected chi connectivity index (χ4v) is 2.26. The molecule has 0 spiro atoms. The Morgan fingerprint density at radius 2 is 1.86 bits per heavy atom. The van der Waals surface area contributed by atoms with Gasteiger partial charge in [0.1, 0.15) is 5.82 Å². The fourth-order valence-electron chi connectivity index (χ4n) is 2.26. The highest BCUT2D eigenvalue weighted by molar-refractivity contribution is 5.95. The molecule has 0 fully saturated rings. The molecule has 0 unspecified atom stereocenters. The number of anilines is 1. The number of rotatable bonds is 4. The van der Waals surface area contributed by atoms with E-state index in [2.05, 4.69) is 10.1 Å². The van der Waals surface area contributed by atoms with Crippen molar-refractivity contribution in [3.05, 3.63) is 64.5 Å². The van der Waals surface area contributed by atoms with Crippen molar-refractivity contribution in [1.29, 1.82) is 0 Å². The minimum Gasteiger partial charge on any atom is -0.465 e. The molecular formula is C17H18FNO2. The van der Waals surface area contributed by atoms with E-state index in [9.17, 15) is 9.18 Å². The maximum absolute atomic E-state index is 13.3. The quantitative estimate of drug-likeness (QED) is 0.868. The highest BCUT2D eigenvalue weighted by Gasteiger charge is 2.13. The second-order valence-electron chi connectivity index (χ2n) is 4.91. The third kappa shape index (κ3) is 3.40. The lowest BCUT2D eigenvalue weighted by atomic mass is 10.0. The Bertz CT molecular complexity index is 648. The van der Waals surface area contributed by atoms with E-state index in [4.69, 9.17) is 0 Å². The van der Waals surface area contributed by atoms with E-state index in [1.807, 2.05) is 32.0 Å². The lowest BCUT2D eigenvalue weighted by Crippen LogP contribution is -2.10. The van der Waals surface area contributed by atoms with Gasteiger partial charge in [0.2, 0.25) is 0 Å². The van der Waals surface area contributed by atoms with Crippen LogP contribution >= 0.6 is 0 Å². The number of carbonyl (C=O) groups excluding carboxylic acids is 1. The first-order valence-electron chi connectivity index (χ1n) is 6.69. The summed E-state index contributed by atoms with van der Waals surface area (Å²) in [5.74, 6) is -1.02. The molecule has 110 valence electrons. The molecule has 0 amide bonds. The molecule has 1 N–H and O–H groups in total. The molecule has 0 aliphatic carbocycles. The van der Waals surface area contributed by atoms with Crippen LogP contribution < -0.4 is 5.32 Å². The second-order valence-corrected chi connectivity index (χ2v) is 4.91. The van der Waals surface area contributed by atoms with Crippen LogP contribution in [0.25, 0.3) is 0 Å². The zero-order valence-electron chi connectivity index (χ0n) is 12.4. The van der Waals surface area contributed by atoms with Crippen LogP contribution in [0.15, 0.2) is 36.4 Å². The predicted octanol–water partition coefficient (Wildman–Crippen LogP) is 3.84. The van der Waals surface area contributed by atoms with E-state index in [0.29, 0.717) is 12.2 Å². The molecule has 0 saturated heterocycles. The van der Waals surface area contributed by atoms with Gasteiger partial charge in [0, 0.05) is 12.2 Å². The van der Waals surface area contributed by atoms with E-state index < -0.39 is 11.8 Å². The number of methoxy groups -OCH3 is 1. The highest BCUT2D eigenvalue weighted by atomic mass is 19.1. The first kappa shape index (κ1) is 15.0. The Kier molecular flexibility index (Phi) is 4.58. The van der Waals surface area contributed by atoms with E-state index in [-0.39, 0.29) is 5.56 Å². The number of carbonyl (C=O) groups is 1. The van der Waals surface area contributed by atoms with Gasteiger partial charge in [-0.25, -0.2) is 9.18 Å². The Hall–Kier alpha value is -2.36. The van der Waals surface area contributed by atoms with Gasteiger partial charge in [-0.2, -0.15) is 0 Å². The Morgan fingerprint density at radius 3 is 2.48 bits per heavy atom. The third-order valence-electron chi connectivity index (χ3n) is 3.49. The highest BCUT2D eigenvalue weighted by Crippen LogP contribution is 2.21. The summed E-state index contributed by atoms with van der Waals surface area (Å²) in [6, 6.07) is 10.1. The van der Waals surface area contributed by atoms with E-state index in [1.54, 1.807) is 6.07 Å². The number of hydrogen-bond donors (Lipinski definition) is 1. The molecule has 2 rings (SSSR count). The van der Waals surface area contributed by atoms with Crippen molar-refractivity contribution in [1.82, 2.24) is 0 Å². The molecule has 3 nitrogen and oxygen atoms in total. The van der Waals surface area contributed by atoms with Crippen LogP contribution in [0.4, 0.5) is 10.1 Å². The SMILES string of the molecule is COC(=O)c1cc(F)ccc1NCc1c(C)cccc1C. The van der Waals surface area contributed by atoms with E-state index in [1.165, 1.54) is 30.4 Å². The molecule has 0 bridgehead atoms. The number of nitrogens with one attached hydrogen (secondary N) is 1. The number of ether oxygens (including phenoxy) is 1. The van der Waals surface area contributed by atoms with Crippen molar-refractivity contribution >= 4 is 11.7 Å². The van der Waals surface area contributed by atoms with Gasteiger partial charge in [-0.15, -0.1) is 0 Å². The maximum atomic E-state index is 13.3. The second kappa shape index (κ2) is 6.39. The average molecular weight is 287 g/mol. The molecule has 2 aromatic carbocycles. The Labute approximate surface area is 123 Å². The maximum Gasteiger partial charge on any atom is 0.340 e. The van der Waals surface area contributed by atoms with Gasteiger partial charge in [0.25, 0.3) is 0 Å². The minimum absolute atomic E-state index is 0.198. The molecule has 0 atom stereocenters. The molecule has 0 saturated carbocycles. The van der Waals surface area contributed by atoms with Crippen molar-refractivity contribution < 1.29 is 13.9 Å². The van der Waals surface area contributed by atoms with Crippen molar-refractivity contribution in [3.63, 3.8) is 0 Å². The summed E-state index contributed by atoms with van der Waals surface area (Å²) in [6.07, 6.45) is 0. The summed E-state index contributed by atoms with van der Waals surface area (Å²) >= 11 is 0. The fraction of sp³-hybridized carbons (Fsp3) is 0.235. The molecule has 21 heavy (non-hydrogen) atoms. The first-order valence-corrected chi connectivity index (χ1v) is 6.69. The zero-order chi connectivity index (χ0) is 15.4. The van der Waals surface area contributed by atoms with Gasteiger partial charge in [0.05, 0.1) is 12.7 Å². The van der Waals surface area contributed by atoms with Gasteiger partial charge in [-0.05, 0) is 48.7 Å². The number of aryl methyl sites for hydroxylation is 2. The standard InChI is InChI=1S/C17H18FNO2/c1-11-5-4-6-12(2)15(11)10-19-16-8-7-13(18)9-14(16)17(20)21-3/h4-9,19H,10H2,1-3H3. The number of halogens is 1. The van der Waals surface area contributed by atoms with Crippen LogP contribution in [0.5, 0.6) is 0 Å². The van der Waals surface area contributed by atoms with Crippen LogP contribution in [0.2, 0.25) is 0 Å². The van der Waals surface area contributed by atoms with Crippen molar-refractivity contribution in [3.8, 4) is 0 Å². The minimum atomic E-state index is -0.557. The van der Waals surface area contributed by atoms with Gasteiger partial charge in [-0.3, -0.25) is 0 Å². The topological polar surface area (TPSA) is 38.3 Å². The van der Waals surface area contributed by atoms with E-state index >= 15 is 0 Å². The van der Waals surface area contributed by atoms with Crippen LogP contribution in [-0.4, -0.2) is 13.1 Å². The van der Waals surface area contributed by atoms with Gasteiger partial charge >= 0.3 is 5.97 Å². The average Bonchev–Trinajstić information content (AvgIpc) is 2.47. The third-order valence-corrected chi connectivity index (χ3v) is 3.49. The summed E-state index contributed by atoms with van der Waals surface area (Å²) in [5, 5.41) is 3.19. The Balaban J connectivity index is 2.26. The van der Waals surface area contributed by atoms with Crippen molar-refractivity contribution in [2.45, 2.75) is 20.4 Å². The van der Waals surface area contributed by atoms with Gasteiger partial charge in [0.15, 0.2) is 0 Å². The lowest BCUT2D eigenvalue weighted by molar-refractivity contribution is 0.0601. The molecule has 2 aromatic rings. The van der Waals surface area contributed by atoms with Crippen LogP contribution in [-0.2, 0) is 11.3 Å². The number of hydrogen-bond acceptors (Lipinski definition) is 3. The van der Waals surface area contributed by atoms with Gasteiger partial charge in [-0.1, -0.05) is 18.2 Å². The summed E-state index contributed by atoms with van der Waals surface area (Å²) in [5.41, 5.74) is 4.26. The van der Waals surface area contributed by atoms with E-state index in [0.717, 1.165) is 5.56 Å². The molecule has 0 heterocycles. The molecule has 0 aliphatic rings. The van der Waals surface area contributed by atoms with Crippen LogP contribution in [0.3, 0.4) is 0 Å². The van der Waals surface area contributed by atoms with Crippen molar-refractivity contribution in [2.24, 2.45) is 0 Å². The monoisotopic (exact) mass is 287 g/mol. The molecule has 0 radical (unpaired) electrons. The summed E-state index contributed by atoms with van der Waals surface area (Å²) in [4.78, 5) is 11.7. The molecule has 4 heteroatoms. The smallest absolute Gasteiger partial charge is 0.340 e. The zero-order valence-corrected chi connectivity index (χ0v) is 12.4. The van der Waals surface area contributed by atoms with Crippen LogP contribution in [0, 0.1) is 19.7 Å². The van der Waals surface area contributed by atoms with Crippen molar-refractivity contribution in [2.75, 3.05) is 12.4 Å². The normalized spacial score (nSPS) is 10.3. The summed E-state index contributed by atoms with van der Waals surface area (Å²) < 4.78 is 18.0. The molecule has 0 aromatic heterocycles. The summed E-state index contributed by atoms with van der Waals surface area (Å²) in [7, 11) is 1.28. The van der Waals surface area contributed by atoms with Gasteiger partial charge < -0.3 is 10.1 Å². The largest absolute Gasteiger partial charge is 0.465 e. The number of esters is 1. The van der Waals surface area contributed by atoms with Crippen LogP contribution in [0.1, 0.15) is 27.0 Å². The lowest BCUT2D eigenvalue weighted by Gasteiger charge is -2.14. The predicted molar refractivity (Wildman–Crippen MR) is 81.0 cm³/mol. The molecular weight excluding hydrogens is 269 g/mol.